The first-order valence-corrected chi connectivity index (χ1v) is 6.10. The van der Waals surface area contributed by atoms with Gasteiger partial charge in [-0.2, -0.15) is 0 Å². The summed E-state index contributed by atoms with van der Waals surface area (Å²) >= 11 is 0. The van der Waals surface area contributed by atoms with Crippen LogP contribution in [0.25, 0.3) is 0 Å². The van der Waals surface area contributed by atoms with Gasteiger partial charge in [-0.05, 0) is 29.8 Å². The molecule has 0 saturated heterocycles. The zero-order valence-electron chi connectivity index (χ0n) is 10.4. The number of carbonyl (C=O) groups excluding carboxylic acids is 1. The third kappa shape index (κ3) is 1.93. The summed E-state index contributed by atoms with van der Waals surface area (Å²) in [6.07, 6.45) is -0.412. The van der Waals surface area contributed by atoms with Crippen molar-refractivity contribution in [3.8, 4) is 23.0 Å². The van der Waals surface area contributed by atoms with Gasteiger partial charge in [0.05, 0.1) is 12.0 Å². The van der Waals surface area contributed by atoms with Gasteiger partial charge in [0, 0.05) is 0 Å². The quantitative estimate of drug-likeness (QED) is 0.694. The van der Waals surface area contributed by atoms with Crippen molar-refractivity contribution in [2.45, 2.75) is 12.5 Å². The van der Waals surface area contributed by atoms with Gasteiger partial charge in [0.2, 0.25) is 5.75 Å². The number of aromatic hydroxyl groups is 3. The van der Waals surface area contributed by atoms with Crippen LogP contribution in [0.5, 0.6) is 23.0 Å². The van der Waals surface area contributed by atoms with Crippen LogP contribution in [0.15, 0.2) is 36.4 Å². The smallest absolute Gasteiger partial charge is 0.201 e. The molecule has 5 heteroatoms. The highest BCUT2D eigenvalue weighted by atomic mass is 16.5. The SMILES string of the molecule is O=C1CC(c2ccc(O)cc2)Oc2c1ccc(O)c2O. The van der Waals surface area contributed by atoms with Crippen LogP contribution in [0.2, 0.25) is 0 Å². The molecule has 0 aliphatic carbocycles. The molecule has 2 aromatic rings. The Hall–Kier alpha value is -2.69. The van der Waals surface area contributed by atoms with Crippen LogP contribution in [-0.4, -0.2) is 21.1 Å². The fourth-order valence-corrected chi connectivity index (χ4v) is 2.24. The van der Waals surface area contributed by atoms with Crippen LogP contribution >= 0.6 is 0 Å². The average Bonchev–Trinajstić information content (AvgIpc) is 2.44. The molecule has 1 atom stereocenters. The number of fused-ring (bicyclic) bond motifs is 1. The summed E-state index contributed by atoms with van der Waals surface area (Å²) in [5, 5.41) is 28.5. The molecule has 0 amide bonds. The molecule has 0 saturated carbocycles. The zero-order chi connectivity index (χ0) is 14.3. The molecule has 5 nitrogen and oxygen atoms in total. The van der Waals surface area contributed by atoms with Crippen LogP contribution in [0.4, 0.5) is 0 Å². The molecule has 3 N–H and O–H groups in total. The van der Waals surface area contributed by atoms with Crippen LogP contribution in [0.3, 0.4) is 0 Å². The Morgan fingerprint density at radius 3 is 2.40 bits per heavy atom. The van der Waals surface area contributed by atoms with Gasteiger partial charge in [-0.15, -0.1) is 0 Å². The number of Topliss-reactive ketones (excluding diaryl/α,β-unsaturated/α-hetero) is 1. The summed E-state index contributed by atoms with van der Waals surface area (Å²) in [6, 6.07) is 8.99. The fraction of sp³-hybridized carbons (Fsp3) is 0.133. The molecular weight excluding hydrogens is 260 g/mol. The first-order chi connectivity index (χ1) is 9.56. The van der Waals surface area contributed by atoms with Crippen molar-refractivity contribution in [3.63, 3.8) is 0 Å². The molecular formula is C15H12O5. The third-order valence-electron chi connectivity index (χ3n) is 3.31. The lowest BCUT2D eigenvalue weighted by molar-refractivity contribution is 0.0841. The topological polar surface area (TPSA) is 87.0 Å². The largest absolute Gasteiger partial charge is 0.508 e. The van der Waals surface area contributed by atoms with Crippen molar-refractivity contribution in [3.05, 3.63) is 47.5 Å². The number of benzene rings is 2. The van der Waals surface area contributed by atoms with E-state index in [1.807, 2.05) is 0 Å². The van der Waals surface area contributed by atoms with Crippen molar-refractivity contribution in [1.82, 2.24) is 0 Å². The van der Waals surface area contributed by atoms with Crippen LogP contribution in [0, 0.1) is 0 Å². The van der Waals surface area contributed by atoms with Gasteiger partial charge in [-0.25, -0.2) is 0 Å². The summed E-state index contributed by atoms with van der Waals surface area (Å²) in [4.78, 5) is 12.1. The van der Waals surface area contributed by atoms with Gasteiger partial charge in [-0.1, -0.05) is 12.1 Å². The number of carbonyl (C=O) groups is 1. The second-order valence-corrected chi connectivity index (χ2v) is 4.64. The summed E-state index contributed by atoms with van der Waals surface area (Å²) in [5.74, 6) is -0.807. The minimum Gasteiger partial charge on any atom is -0.508 e. The minimum atomic E-state index is -0.552. The number of ketones is 1. The van der Waals surface area contributed by atoms with Crippen LogP contribution < -0.4 is 4.74 Å². The lowest BCUT2D eigenvalue weighted by atomic mass is 9.96. The number of phenolic OH excluding ortho intramolecular Hbond substituents is 3. The predicted octanol–water partition coefficient (Wildman–Crippen LogP) is 2.51. The second-order valence-electron chi connectivity index (χ2n) is 4.64. The number of hydrogen-bond donors (Lipinski definition) is 3. The Morgan fingerprint density at radius 2 is 1.70 bits per heavy atom. The maximum atomic E-state index is 12.1. The van der Waals surface area contributed by atoms with E-state index in [1.165, 1.54) is 24.3 Å². The fourth-order valence-electron chi connectivity index (χ4n) is 2.24. The molecule has 0 spiro atoms. The Balaban J connectivity index is 2.01. The van der Waals surface area contributed by atoms with Crippen LogP contribution in [0.1, 0.15) is 28.4 Å². The Kier molecular flexibility index (Phi) is 2.75. The van der Waals surface area contributed by atoms with E-state index in [0.717, 1.165) is 0 Å². The van der Waals surface area contributed by atoms with Crippen molar-refractivity contribution in [2.75, 3.05) is 0 Å². The summed E-state index contributed by atoms with van der Waals surface area (Å²) in [7, 11) is 0. The van der Waals surface area contributed by atoms with Gasteiger partial charge < -0.3 is 20.1 Å². The van der Waals surface area contributed by atoms with Gasteiger partial charge in [0.15, 0.2) is 17.3 Å². The van der Waals surface area contributed by atoms with Crippen molar-refractivity contribution >= 4 is 5.78 Å². The first kappa shape index (κ1) is 12.3. The molecule has 0 radical (unpaired) electrons. The van der Waals surface area contributed by atoms with Crippen LogP contribution in [-0.2, 0) is 0 Å². The predicted molar refractivity (Wildman–Crippen MR) is 70.2 cm³/mol. The van der Waals surface area contributed by atoms with Crippen molar-refractivity contribution in [2.24, 2.45) is 0 Å². The van der Waals surface area contributed by atoms with Gasteiger partial charge in [0.1, 0.15) is 11.9 Å². The third-order valence-corrected chi connectivity index (χ3v) is 3.31. The zero-order valence-corrected chi connectivity index (χ0v) is 10.4. The van der Waals surface area contributed by atoms with Crippen molar-refractivity contribution < 1.29 is 24.9 Å². The molecule has 102 valence electrons. The lowest BCUT2D eigenvalue weighted by Crippen LogP contribution is -2.20. The average molecular weight is 272 g/mol. The molecule has 1 unspecified atom stereocenters. The second kappa shape index (κ2) is 4.45. The monoisotopic (exact) mass is 272 g/mol. The van der Waals surface area contributed by atoms with Gasteiger partial charge in [-0.3, -0.25) is 4.79 Å². The molecule has 1 heterocycles. The number of ether oxygens (including phenoxy) is 1. The molecule has 20 heavy (non-hydrogen) atoms. The number of phenols is 3. The molecule has 0 fully saturated rings. The molecule has 3 rings (SSSR count). The van der Waals surface area contributed by atoms with Gasteiger partial charge >= 0.3 is 0 Å². The minimum absolute atomic E-state index is 0.000625. The summed E-state index contributed by atoms with van der Waals surface area (Å²) in [5.41, 5.74) is 0.972. The van der Waals surface area contributed by atoms with E-state index in [1.54, 1.807) is 12.1 Å². The highest BCUT2D eigenvalue weighted by molar-refractivity contribution is 6.01. The normalized spacial score (nSPS) is 17.4. The highest BCUT2D eigenvalue weighted by Gasteiger charge is 2.30. The number of hydrogen-bond acceptors (Lipinski definition) is 5. The maximum Gasteiger partial charge on any atom is 0.201 e. The molecule has 0 bridgehead atoms. The molecule has 1 aliphatic rings. The van der Waals surface area contributed by atoms with E-state index in [2.05, 4.69) is 0 Å². The van der Waals surface area contributed by atoms with Gasteiger partial charge in [0.25, 0.3) is 0 Å². The maximum absolute atomic E-state index is 12.1. The molecule has 2 aromatic carbocycles. The summed E-state index contributed by atoms with van der Waals surface area (Å²) in [6.45, 7) is 0. The Labute approximate surface area is 114 Å². The Morgan fingerprint density at radius 1 is 1.00 bits per heavy atom. The van der Waals surface area contributed by atoms with E-state index in [4.69, 9.17) is 4.74 Å². The van der Waals surface area contributed by atoms with E-state index in [9.17, 15) is 20.1 Å². The van der Waals surface area contributed by atoms with E-state index >= 15 is 0 Å². The van der Waals surface area contributed by atoms with E-state index in [0.29, 0.717) is 5.56 Å². The molecule has 1 aliphatic heterocycles. The van der Waals surface area contributed by atoms with E-state index in [-0.39, 0.29) is 35.0 Å². The van der Waals surface area contributed by atoms with E-state index < -0.39 is 11.9 Å². The highest BCUT2D eigenvalue weighted by Crippen LogP contribution is 2.44. The standard InChI is InChI=1S/C15H12O5/c16-9-3-1-8(2-4-9)13-7-12(18)10-5-6-11(17)14(19)15(10)20-13/h1-6,13,16-17,19H,7H2. The van der Waals surface area contributed by atoms with Crippen molar-refractivity contribution in [1.29, 1.82) is 0 Å². The number of rotatable bonds is 1. The molecule has 0 aromatic heterocycles. The first-order valence-electron chi connectivity index (χ1n) is 6.10. The Bertz CT molecular complexity index is 675. The summed E-state index contributed by atoms with van der Waals surface area (Å²) < 4.78 is 5.63. The lowest BCUT2D eigenvalue weighted by Gasteiger charge is -2.26.